The van der Waals surface area contributed by atoms with Crippen molar-refractivity contribution in [1.29, 1.82) is 0 Å². The smallest absolute Gasteiger partial charge is 0.341 e. The summed E-state index contributed by atoms with van der Waals surface area (Å²) in [6.45, 7) is 16.3. The van der Waals surface area contributed by atoms with Crippen molar-refractivity contribution in [2.45, 2.75) is 86.0 Å². The summed E-state index contributed by atoms with van der Waals surface area (Å²) in [5.74, 6) is 0.336. The van der Waals surface area contributed by atoms with Crippen molar-refractivity contribution in [3.8, 4) is 5.69 Å². The second-order valence-electron chi connectivity index (χ2n) is 14.2. The van der Waals surface area contributed by atoms with Gasteiger partial charge in [0, 0.05) is 0 Å². The second-order valence-corrected chi connectivity index (χ2v) is 14.2. The van der Waals surface area contributed by atoms with Gasteiger partial charge in [0.05, 0.1) is 24.7 Å². The predicted molar refractivity (Wildman–Crippen MR) is 172 cm³/mol. The summed E-state index contributed by atoms with van der Waals surface area (Å²) in [7, 11) is 3.64. The molecule has 0 spiro atoms. The summed E-state index contributed by atoms with van der Waals surface area (Å²) in [6.07, 6.45) is 8.47. The lowest BCUT2D eigenvalue weighted by atomic mass is 9.60. The fourth-order valence-electron chi connectivity index (χ4n) is 7.79. The van der Waals surface area contributed by atoms with Crippen LogP contribution in [0.1, 0.15) is 104 Å². The van der Waals surface area contributed by atoms with E-state index in [4.69, 9.17) is 4.74 Å². The van der Waals surface area contributed by atoms with E-state index < -0.39 is 0 Å². The molecule has 0 bridgehead atoms. The van der Waals surface area contributed by atoms with Gasteiger partial charge in [-0.2, -0.15) is 5.10 Å². The molecule has 5 rings (SSSR count). The van der Waals surface area contributed by atoms with E-state index in [2.05, 4.69) is 94.1 Å². The number of nitrogens with zero attached hydrogens (tertiary/aromatic N) is 3. The number of aryl methyl sites for hydroxylation is 2. The van der Waals surface area contributed by atoms with Crippen LogP contribution in [0.3, 0.4) is 0 Å². The fourth-order valence-corrected chi connectivity index (χ4v) is 7.79. The van der Waals surface area contributed by atoms with Crippen LogP contribution < -0.4 is 0 Å². The van der Waals surface area contributed by atoms with Crippen LogP contribution in [0.4, 0.5) is 0 Å². The minimum absolute atomic E-state index is 0.106. The van der Waals surface area contributed by atoms with Crippen molar-refractivity contribution < 1.29 is 9.53 Å². The molecule has 0 radical (unpaired) electrons. The molecule has 1 aliphatic heterocycles. The minimum Gasteiger partial charge on any atom is -0.465 e. The number of benzene rings is 2. The third-order valence-corrected chi connectivity index (χ3v) is 9.81. The van der Waals surface area contributed by atoms with Crippen molar-refractivity contribution in [3.05, 3.63) is 87.7 Å². The van der Waals surface area contributed by atoms with Crippen LogP contribution in [0.15, 0.2) is 54.2 Å². The molecule has 224 valence electrons. The van der Waals surface area contributed by atoms with Gasteiger partial charge in [-0.3, -0.25) is 0 Å². The molecule has 0 amide bonds. The van der Waals surface area contributed by atoms with Gasteiger partial charge in [-0.1, -0.05) is 63.6 Å². The molecular weight excluding hydrogens is 518 g/mol. The highest BCUT2D eigenvalue weighted by Gasteiger charge is 2.39. The Bertz CT molecular complexity index is 1480. The molecule has 0 saturated carbocycles. The van der Waals surface area contributed by atoms with Gasteiger partial charge in [0.2, 0.25) is 0 Å². The maximum absolute atomic E-state index is 12.2. The molecule has 0 unspecified atom stereocenters. The predicted octanol–water partition coefficient (Wildman–Crippen LogP) is 8.32. The zero-order chi connectivity index (χ0) is 30.2. The number of allylic oxidation sites excluding steroid dienone is 2. The van der Waals surface area contributed by atoms with E-state index in [0.29, 0.717) is 11.5 Å². The van der Waals surface area contributed by atoms with Gasteiger partial charge in [-0.05, 0) is 129 Å². The van der Waals surface area contributed by atoms with Crippen LogP contribution in [0.2, 0.25) is 0 Å². The molecule has 3 aromatic rings. The number of piperidine rings is 1. The second kappa shape index (κ2) is 11.8. The van der Waals surface area contributed by atoms with E-state index in [1.165, 1.54) is 67.3 Å². The number of esters is 1. The third-order valence-electron chi connectivity index (χ3n) is 9.81. The van der Waals surface area contributed by atoms with Crippen LogP contribution in [-0.2, 0) is 11.2 Å². The summed E-state index contributed by atoms with van der Waals surface area (Å²) in [5.41, 5.74) is 11.3. The first-order valence-electron chi connectivity index (χ1n) is 15.6. The Morgan fingerprint density at radius 3 is 2.45 bits per heavy atom. The Morgan fingerprint density at radius 2 is 1.76 bits per heavy atom. The van der Waals surface area contributed by atoms with Gasteiger partial charge in [0.1, 0.15) is 5.56 Å². The lowest BCUT2D eigenvalue weighted by Crippen LogP contribution is -2.31. The molecule has 1 aromatic heterocycles. The number of methoxy groups -OCH3 is 1. The topological polar surface area (TPSA) is 47.4 Å². The van der Waals surface area contributed by atoms with Gasteiger partial charge in [-0.15, -0.1) is 0 Å². The summed E-state index contributed by atoms with van der Waals surface area (Å²) in [4.78, 5) is 14.7. The Kier molecular flexibility index (Phi) is 8.53. The minimum atomic E-state index is -0.356. The van der Waals surface area contributed by atoms with Crippen LogP contribution in [0.25, 0.3) is 11.3 Å². The van der Waals surface area contributed by atoms with Gasteiger partial charge >= 0.3 is 5.97 Å². The van der Waals surface area contributed by atoms with E-state index in [-0.39, 0.29) is 16.8 Å². The molecule has 5 nitrogen and oxygen atoms in total. The molecule has 1 fully saturated rings. The molecule has 1 saturated heterocycles. The largest absolute Gasteiger partial charge is 0.465 e. The standard InChI is InChI=1S/C37H49N3O2/c1-25-20-29(28-16-18-39(7)19-17-28)13-12-27(25)14-15-34-32(22-36(3,4)24-37(34,5)6)30-10-9-11-31(21-30)40-26(2)33(23-38-40)35(41)42-8/h9-13,20-21,23,28H,14-19,22,24H2,1-8H3. The molecule has 1 aliphatic carbocycles. The van der Waals surface area contributed by atoms with Crippen LogP contribution >= 0.6 is 0 Å². The van der Waals surface area contributed by atoms with Crippen molar-refractivity contribution in [2.24, 2.45) is 10.8 Å². The van der Waals surface area contributed by atoms with E-state index in [0.717, 1.165) is 30.6 Å². The quantitative estimate of drug-likeness (QED) is 0.269. The molecule has 0 atom stereocenters. The highest BCUT2D eigenvalue weighted by molar-refractivity contribution is 5.90. The lowest BCUT2D eigenvalue weighted by molar-refractivity contribution is 0.0600. The lowest BCUT2D eigenvalue weighted by Gasteiger charge is -2.44. The maximum atomic E-state index is 12.2. The number of aromatic nitrogens is 2. The normalized spacial score (nSPS) is 19.2. The van der Waals surface area contributed by atoms with Crippen molar-refractivity contribution in [2.75, 3.05) is 27.2 Å². The third kappa shape index (κ3) is 6.27. The molecule has 42 heavy (non-hydrogen) atoms. The summed E-state index contributed by atoms with van der Waals surface area (Å²) in [6, 6.07) is 16.0. The van der Waals surface area contributed by atoms with Gasteiger partial charge in [-0.25, -0.2) is 9.48 Å². The molecule has 0 N–H and O–H groups in total. The SMILES string of the molecule is COC(=O)c1cnn(-c2cccc(C3=C(CCc4ccc(C5CCN(C)CC5)cc4C)C(C)(C)CC(C)(C)C3)c2)c1C. The number of carbonyl (C=O) groups is 1. The highest BCUT2D eigenvalue weighted by atomic mass is 16.5. The molecule has 5 heteroatoms. The number of likely N-dealkylation sites (tertiary alicyclic amines) is 1. The Morgan fingerprint density at radius 1 is 1.02 bits per heavy atom. The first-order valence-corrected chi connectivity index (χ1v) is 15.6. The first-order chi connectivity index (χ1) is 19.9. The van der Waals surface area contributed by atoms with Crippen LogP contribution in [-0.4, -0.2) is 47.9 Å². The molecule has 2 aromatic carbocycles. The Hall–Kier alpha value is -3.18. The average Bonchev–Trinajstić information content (AvgIpc) is 3.33. The highest BCUT2D eigenvalue weighted by Crippen LogP contribution is 2.53. The zero-order valence-electron chi connectivity index (χ0n) is 27.0. The number of hydrogen-bond donors (Lipinski definition) is 0. The van der Waals surface area contributed by atoms with E-state index in [9.17, 15) is 4.79 Å². The van der Waals surface area contributed by atoms with E-state index >= 15 is 0 Å². The van der Waals surface area contributed by atoms with E-state index in [1.54, 1.807) is 11.8 Å². The number of hydrogen-bond acceptors (Lipinski definition) is 4. The Labute approximate surface area is 253 Å². The van der Waals surface area contributed by atoms with Gasteiger partial charge in [0.15, 0.2) is 0 Å². The molecule has 2 heterocycles. The number of rotatable bonds is 7. The van der Waals surface area contributed by atoms with Gasteiger partial charge in [0.25, 0.3) is 0 Å². The van der Waals surface area contributed by atoms with Crippen LogP contribution in [0, 0.1) is 24.7 Å². The number of carbonyl (C=O) groups excluding carboxylic acids is 1. The monoisotopic (exact) mass is 567 g/mol. The zero-order valence-corrected chi connectivity index (χ0v) is 27.0. The summed E-state index contributed by atoms with van der Waals surface area (Å²) in [5, 5.41) is 4.55. The van der Waals surface area contributed by atoms with E-state index in [1.807, 2.05) is 11.6 Å². The van der Waals surface area contributed by atoms with Gasteiger partial charge < -0.3 is 9.64 Å². The maximum Gasteiger partial charge on any atom is 0.341 e. The molecular formula is C37H49N3O2. The van der Waals surface area contributed by atoms with Crippen molar-refractivity contribution >= 4 is 11.5 Å². The van der Waals surface area contributed by atoms with Crippen LogP contribution in [0.5, 0.6) is 0 Å². The summed E-state index contributed by atoms with van der Waals surface area (Å²) < 4.78 is 6.81. The van der Waals surface area contributed by atoms with Crippen molar-refractivity contribution in [1.82, 2.24) is 14.7 Å². The first kappa shape index (κ1) is 30.3. The molecule has 2 aliphatic rings. The number of ether oxygens (including phenoxy) is 1. The average molecular weight is 568 g/mol. The summed E-state index contributed by atoms with van der Waals surface area (Å²) >= 11 is 0. The van der Waals surface area contributed by atoms with Crippen molar-refractivity contribution in [3.63, 3.8) is 0 Å². The Balaban J connectivity index is 1.46. The fraction of sp³-hybridized carbons (Fsp3) is 0.514.